The van der Waals surface area contributed by atoms with Crippen molar-refractivity contribution < 1.29 is 0 Å². The second-order valence-electron chi connectivity index (χ2n) is 4.96. The summed E-state index contributed by atoms with van der Waals surface area (Å²) >= 11 is 4.38. The van der Waals surface area contributed by atoms with Crippen molar-refractivity contribution in [2.75, 3.05) is 39.0 Å². The van der Waals surface area contributed by atoms with Gasteiger partial charge in [0.25, 0.3) is 0 Å². The number of rotatable bonds is 4. The van der Waals surface area contributed by atoms with Crippen LogP contribution in [-0.4, -0.2) is 54.8 Å². The van der Waals surface area contributed by atoms with Crippen molar-refractivity contribution in [3.63, 3.8) is 0 Å². The highest BCUT2D eigenvalue weighted by Crippen LogP contribution is 2.14. The molecule has 0 aliphatic carbocycles. The summed E-state index contributed by atoms with van der Waals surface area (Å²) < 4.78 is 0. The van der Waals surface area contributed by atoms with Crippen molar-refractivity contribution in [2.45, 2.75) is 32.7 Å². The third-order valence-electron chi connectivity index (χ3n) is 3.35. The topological polar surface area (TPSA) is 6.48 Å². The lowest BCUT2D eigenvalue weighted by Crippen LogP contribution is -2.42. The molecule has 15 heavy (non-hydrogen) atoms. The van der Waals surface area contributed by atoms with E-state index in [4.69, 9.17) is 0 Å². The molecule has 0 aromatic rings. The van der Waals surface area contributed by atoms with E-state index in [1.807, 2.05) is 0 Å². The zero-order valence-electron chi connectivity index (χ0n) is 10.4. The molecule has 0 bridgehead atoms. The first kappa shape index (κ1) is 13.3. The number of nitrogens with zero attached hydrogens (tertiary/aromatic N) is 2. The predicted octanol–water partition coefficient (Wildman–Crippen LogP) is 1.97. The molecule has 0 saturated carbocycles. The van der Waals surface area contributed by atoms with Gasteiger partial charge < -0.3 is 4.90 Å². The van der Waals surface area contributed by atoms with E-state index in [2.05, 4.69) is 43.3 Å². The van der Waals surface area contributed by atoms with Gasteiger partial charge in [-0.25, -0.2) is 0 Å². The van der Waals surface area contributed by atoms with Gasteiger partial charge in [0, 0.05) is 19.1 Å². The summed E-state index contributed by atoms with van der Waals surface area (Å²) in [5.41, 5.74) is 0. The van der Waals surface area contributed by atoms with Crippen molar-refractivity contribution in [1.82, 2.24) is 9.80 Å². The lowest BCUT2D eigenvalue weighted by molar-refractivity contribution is 0.167. The summed E-state index contributed by atoms with van der Waals surface area (Å²) in [4.78, 5) is 5.14. The SMILES string of the molecule is CCC1CN(C)CCCN1CC(C)CS. The fraction of sp³-hybridized carbons (Fsp3) is 1.00. The van der Waals surface area contributed by atoms with Gasteiger partial charge in [0.15, 0.2) is 0 Å². The molecule has 90 valence electrons. The Morgan fingerprint density at radius 1 is 1.40 bits per heavy atom. The minimum absolute atomic E-state index is 0.714. The molecule has 3 heteroatoms. The van der Waals surface area contributed by atoms with Crippen LogP contribution in [-0.2, 0) is 0 Å². The van der Waals surface area contributed by atoms with E-state index in [1.165, 1.54) is 39.0 Å². The summed E-state index contributed by atoms with van der Waals surface area (Å²) in [7, 11) is 2.24. The third kappa shape index (κ3) is 4.33. The Balaban J connectivity index is 2.51. The van der Waals surface area contributed by atoms with Crippen LogP contribution in [0, 0.1) is 5.92 Å². The highest BCUT2D eigenvalue weighted by molar-refractivity contribution is 7.80. The van der Waals surface area contributed by atoms with Crippen molar-refractivity contribution in [2.24, 2.45) is 5.92 Å². The highest BCUT2D eigenvalue weighted by atomic mass is 32.1. The fourth-order valence-corrected chi connectivity index (χ4v) is 2.49. The largest absolute Gasteiger partial charge is 0.305 e. The molecular formula is C12H26N2S. The number of hydrogen-bond donors (Lipinski definition) is 1. The first-order chi connectivity index (χ1) is 7.17. The maximum atomic E-state index is 4.38. The second-order valence-corrected chi connectivity index (χ2v) is 5.33. The van der Waals surface area contributed by atoms with Gasteiger partial charge >= 0.3 is 0 Å². The Morgan fingerprint density at radius 2 is 2.13 bits per heavy atom. The van der Waals surface area contributed by atoms with Gasteiger partial charge in [-0.2, -0.15) is 12.6 Å². The molecule has 1 heterocycles. The molecule has 0 amide bonds. The number of hydrogen-bond acceptors (Lipinski definition) is 3. The van der Waals surface area contributed by atoms with E-state index >= 15 is 0 Å². The van der Waals surface area contributed by atoms with Crippen molar-refractivity contribution in [3.8, 4) is 0 Å². The molecule has 2 unspecified atom stereocenters. The van der Waals surface area contributed by atoms with Crippen LogP contribution in [0.15, 0.2) is 0 Å². The minimum atomic E-state index is 0.714. The van der Waals surface area contributed by atoms with Crippen LogP contribution >= 0.6 is 12.6 Å². The van der Waals surface area contributed by atoms with Crippen LogP contribution in [0.25, 0.3) is 0 Å². The standard InChI is InChI=1S/C12H26N2S/c1-4-12-9-13(3)6-5-7-14(12)8-11(2)10-15/h11-12,15H,4-10H2,1-3H3. The molecule has 0 spiro atoms. The highest BCUT2D eigenvalue weighted by Gasteiger charge is 2.22. The van der Waals surface area contributed by atoms with E-state index in [1.54, 1.807) is 0 Å². The smallest absolute Gasteiger partial charge is 0.0220 e. The Hall–Kier alpha value is 0.270. The maximum absolute atomic E-state index is 4.38. The van der Waals surface area contributed by atoms with E-state index in [0.717, 1.165) is 11.8 Å². The van der Waals surface area contributed by atoms with Gasteiger partial charge in [0.2, 0.25) is 0 Å². The van der Waals surface area contributed by atoms with Gasteiger partial charge in [-0.05, 0) is 44.6 Å². The van der Waals surface area contributed by atoms with Crippen molar-refractivity contribution in [3.05, 3.63) is 0 Å². The van der Waals surface area contributed by atoms with Gasteiger partial charge in [0.1, 0.15) is 0 Å². The normalized spacial score (nSPS) is 27.6. The second kappa shape index (κ2) is 6.77. The molecular weight excluding hydrogens is 204 g/mol. The summed E-state index contributed by atoms with van der Waals surface area (Å²) in [5.74, 6) is 1.72. The van der Waals surface area contributed by atoms with E-state index in [9.17, 15) is 0 Å². The molecule has 0 aromatic carbocycles. The third-order valence-corrected chi connectivity index (χ3v) is 3.98. The van der Waals surface area contributed by atoms with Crippen molar-refractivity contribution >= 4 is 12.6 Å². The van der Waals surface area contributed by atoms with Crippen LogP contribution in [0.4, 0.5) is 0 Å². The molecule has 2 atom stereocenters. The molecule has 0 radical (unpaired) electrons. The fourth-order valence-electron chi connectivity index (χ4n) is 2.38. The summed E-state index contributed by atoms with van der Waals surface area (Å²) in [6.45, 7) is 9.57. The molecule has 1 aliphatic rings. The molecule has 0 N–H and O–H groups in total. The number of likely N-dealkylation sites (N-methyl/N-ethyl adjacent to an activating group) is 1. The van der Waals surface area contributed by atoms with Crippen LogP contribution in [0.3, 0.4) is 0 Å². The zero-order chi connectivity index (χ0) is 11.3. The summed E-state index contributed by atoms with van der Waals surface area (Å²) in [5, 5.41) is 0. The van der Waals surface area contributed by atoms with Gasteiger partial charge in [-0.15, -0.1) is 0 Å². The van der Waals surface area contributed by atoms with Gasteiger partial charge in [0.05, 0.1) is 0 Å². The number of thiol groups is 1. The Morgan fingerprint density at radius 3 is 2.73 bits per heavy atom. The van der Waals surface area contributed by atoms with Gasteiger partial charge in [-0.1, -0.05) is 13.8 Å². The minimum Gasteiger partial charge on any atom is -0.305 e. The molecule has 1 saturated heterocycles. The molecule has 0 aromatic heterocycles. The van der Waals surface area contributed by atoms with Crippen LogP contribution < -0.4 is 0 Å². The molecule has 2 nitrogen and oxygen atoms in total. The van der Waals surface area contributed by atoms with E-state index < -0.39 is 0 Å². The Kier molecular flexibility index (Phi) is 6.02. The molecule has 1 aliphatic heterocycles. The molecule has 1 fully saturated rings. The summed E-state index contributed by atoms with van der Waals surface area (Å²) in [6.07, 6.45) is 2.58. The lowest BCUT2D eigenvalue weighted by Gasteiger charge is -2.31. The quantitative estimate of drug-likeness (QED) is 0.738. The maximum Gasteiger partial charge on any atom is 0.0220 e. The van der Waals surface area contributed by atoms with E-state index in [0.29, 0.717) is 5.92 Å². The molecule has 1 rings (SSSR count). The van der Waals surface area contributed by atoms with Crippen molar-refractivity contribution in [1.29, 1.82) is 0 Å². The monoisotopic (exact) mass is 230 g/mol. The average Bonchev–Trinajstić information content (AvgIpc) is 2.40. The van der Waals surface area contributed by atoms with Crippen LogP contribution in [0.1, 0.15) is 26.7 Å². The Labute approximate surface area is 100 Å². The first-order valence-corrected chi connectivity index (χ1v) is 6.84. The average molecular weight is 230 g/mol. The zero-order valence-corrected chi connectivity index (χ0v) is 11.3. The van der Waals surface area contributed by atoms with Crippen LogP contribution in [0.5, 0.6) is 0 Å². The van der Waals surface area contributed by atoms with Crippen LogP contribution in [0.2, 0.25) is 0 Å². The van der Waals surface area contributed by atoms with Gasteiger partial charge in [-0.3, -0.25) is 4.90 Å². The Bertz CT molecular complexity index is 175. The predicted molar refractivity (Wildman–Crippen MR) is 70.8 cm³/mol. The summed E-state index contributed by atoms with van der Waals surface area (Å²) in [6, 6.07) is 0.750. The lowest BCUT2D eigenvalue weighted by atomic mass is 10.1. The van der Waals surface area contributed by atoms with E-state index in [-0.39, 0.29) is 0 Å². The first-order valence-electron chi connectivity index (χ1n) is 6.20.